The summed E-state index contributed by atoms with van der Waals surface area (Å²) in [4.78, 5) is 12.2. The molecule has 2 aromatic carbocycles. The molecule has 122 valence electrons. The second kappa shape index (κ2) is 6.96. The molecule has 2 aromatic rings. The molecule has 0 unspecified atom stereocenters. The molecule has 4 nitrogen and oxygen atoms in total. The molecule has 0 heterocycles. The fourth-order valence-electron chi connectivity index (χ4n) is 2.18. The summed E-state index contributed by atoms with van der Waals surface area (Å²) in [7, 11) is -3.14. The SMILES string of the molecule is CC(C)c1ccc(OC(=O)c2cccc(CS(C)(=O)=O)c2)cc1. The van der Waals surface area contributed by atoms with Gasteiger partial charge in [0.2, 0.25) is 0 Å². The van der Waals surface area contributed by atoms with Crippen LogP contribution >= 0.6 is 0 Å². The highest BCUT2D eigenvalue weighted by Crippen LogP contribution is 2.20. The predicted octanol–water partition coefficient (Wildman–Crippen LogP) is 3.57. The van der Waals surface area contributed by atoms with Crippen molar-refractivity contribution >= 4 is 15.8 Å². The van der Waals surface area contributed by atoms with Gasteiger partial charge in [0.05, 0.1) is 11.3 Å². The molecular formula is C18H20O4S. The Bertz CT molecular complexity index is 790. The van der Waals surface area contributed by atoms with E-state index in [9.17, 15) is 13.2 Å². The molecule has 0 aromatic heterocycles. The van der Waals surface area contributed by atoms with Crippen molar-refractivity contribution in [3.05, 3.63) is 65.2 Å². The molecule has 0 fully saturated rings. The van der Waals surface area contributed by atoms with Gasteiger partial charge in [0.25, 0.3) is 0 Å². The van der Waals surface area contributed by atoms with E-state index in [1.807, 2.05) is 12.1 Å². The fraction of sp³-hybridized carbons (Fsp3) is 0.278. The minimum Gasteiger partial charge on any atom is -0.423 e. The highest BCUT2D eigenvalue weighted by atomic mass is 32.2. The number of benzene rings is 2. The number of hydrogen-bond donors (Lipinski definition) is 0. The van der Waals surface area contributed by atoms with Crippen molar-refractivity contribution in [1.29, 1.82) is 0 Å². The van der Waals surface area contributed by atoms with E-state index in [0.29, 0.717) is 22.8 Å². The van der Waals surface area contributed by atoms with Crippen LogP contribution < -0.4 is 4.74 Å². The molecule has 0 saturated carbocycles. The van der Waals surface area contributed by atoms with Crippen LogP contribution in [0.1, 0.15) is 41.3 Å². The molecule has 0 amide bonds. The van der Waals surface area contributed by atoms with Gasteiger partial charge in [0.1, 0.15) is 5.75 Å². The first-order valence-corrected chi connectivity index (χ1v) is 9.39. The number of esters is 1. The molecule has 0 aliphatic rings. The Balaban J connectivity index is 2.13. The number of carbonyl (C=O) groups excluding carboxylic acids is 1. The van der Waals surface area contributed by atoms with Crippen LogP contribution in [0.25, 0.3) is 0 Å². The number of hydrogen-bond acceptors (Lipinski definition) is 4. The van der Waals surface area contributed by atoms with Gasteiger partial charge in [-0.25, -0.2) is 13.2 Å². The molecule has 0 bridgehead atoms. The zero-order chi connectivity index (χ0) is 17.0. The third-order valence-corrected chi connectivity index (χ3v) is 4.21. The lowest BCUT2D eigenvalue weighted by Crippen LogP contribution is -2.09. The molecule has 0 aliphatic carbocycles. The molecule has 5 heteroatoms. The summed E-state index contributed by atoms with van der Waals surface area (Å²) in [6.45, 7) is 4.18. The largest absolute Gasteiger partial charge is 0.423 e. The van der Waals surface area contributed by atoms with Gasteiger partial charge in [-0.3, -0.25) is 0 Å². The average Bonchev–Trinajstić information content (AvgIpc) is 2.46. The van der Waals surface area contributed by atoms with Crippen molar-refractivity contribution in [2.24, 2.45) is 0 Å². The Morgan fingerprint density at radius 1 is 1.09 bits per heavy atom. The summed E-state index contributed by atoms with van der Waals surface area (Å²) in [5.74, 6) is 0.273. The third kappa shape index (κ3) is 5.21. The van der Waals surface area contributed by atoms with Gasteiger partial charge in [-0.05, 0) is 41.3 Å². The maximum absolute atomic E-state index is 12.2. The van der Waals surface area contributed by atoms with Crippen molar-refractivity contribution in [3.8, 4) is 5.75 Å². The number of rotatable bonds is 5. The Labute approximate surface area is 137 Å². The first kappa shape index (κ1) is 17.2. The highest BCUT2D eigenvalue weighted by Gasteiger charge is 2.11. The van der Waals surface area contributed by atoms with Crippen LogP contribution in [0.2, 0.25) is 0 Å². The van der Waals surface area contributed by atoms with E-state index in [-0.39, 0.29) is 5.75 Å². The van der Waals surface area contributed by atoms with Crippen LogP contribution in [0.4, 0.5) is 0 Å². The van der Waals surface area contributed by atoms with Crippen molar-refractivity contribution < 1.29 is 17.9 Å². The number of ether oxygens (including phenoxy) is 1. The molecule has 23 heavy (non-hydrogen) atoms. The molecule has 0 spiro atoms. The summed E-state index contributed by atoms with van der Waals surface area (Å²) in [5, 5.41) is 0. The van der Waals surface area contributed by atoms with E-state index in [4.69, 9.17) is 4.74 Å². The maximum Gasteiger partial charge on any atom is 0.343 e. The van der Waals surface area contributed by atoms with Gasteiger partial charge in [-0.2, -0.15) is 0 Å². The maximum atomic E-state index is 12.2. The lowest BCUT2D eigenvalue weighted by Gasteiger charge is -2.08. The molecule has 0 atom stereocenters. The van der Waals surface area contributed by atoms with E-state index < -0.39 is 15.8 Å². The van der Waals surface area contributed by atoms with Gasteiger partial charge in [0, 0.05) is 6.26 Å². The first-order chi connectivity index (χ1) is 10.7. The Morgan fingerprint density at radius 3 is 2.30 bits per heavy atom. The van der Waals surface area contributed by atoms with E-state index >= 15 is 0 Å². The lowest BCUT2D eigenvalue weighted by molar-refractivity contribution is 0.0734. The Hall–Kier alpha value is -2.14. The predicted molar refractivity (Wildman–Crippen MR) is 90.5 cm³/mol. The summed E-state index contributed by atoms with van der Waals surface area (Å²) in [6.07, 6.45) is 1.16. The smallest absolute Gasteiger partial charge is 0.343 e. The van der Waals surface area contributed by atoms with E-state index in [1.165, 1.54) is 5.56 Å². The first-order valence-electron chi connectivity index (χ1n) is 7.33. The average molecular weight is 332 g/mol. The molecule has 0 radical (unpaired) electrons. The third-order valence-electron chi connectivity index (χ3n) is 3.35. The molecule has 0 saturated heterocycles. The molecule has 0 N–H and O–H groups in total. The normalized spacial score (nSPS) is 11.5. The topological polar surface area (TPSA) is 60.4 Å². The van der Waals surface area contributed by atoms with Crippen LogP contribution in [-0.4, -0.2) is 20.6 Å². The van der Waals surface area contributed by atoms with Crippen LogP contribution in [0.5, 0.6) is 5.75 Å². The lowest BCUT2D eigenvalue weighted by atomic mass is 10.0. The standard InChI is InChI=1S/C18H20O4S/c1-13(2)15-7-9-17(10-8-15)22-18(19)16-6-4-5-14(11-16)12-23(3,20)21/h4-11,13H,12H2,1-3H3. The summed E-state index contributed by atoms with van der Waals surface area (Å²) < 4.78 is 28.0. The number of sulfone groups is 1. The zero-order valence-corrected chi connectivity index (χ0v) is 14.3. The van der Waals surface area contributed by atoms with E-state index in [1.54, 1.807) is 36.4 Å². The van der Waals surface area contributed by atoms with Crippen molar-refractivity contribution in [2.75, 3.05) is 6.26 Å². The summed E-state index contributed by atoms with van der Waals surface area (Å²) in [6, 6.07) is 13.8. The molecular weight excluding hydrogens is 312 g/mol. The van der Waals surface area contributed by atoms with Crippen LogP contribution in [0.3, 0.4) is 0 Å². The van der Waals surface area contributed by atoms with Gasteiger partial charge in [-0.15, -0.1) is 0 Å². The van der Waals surface area contributed by atoms with Crippen LogP contribution in [0, 0.1) is 0 Å². The highest BCUT2D eigenvalue weighted by molar-refractivity contribution is 7.89. The van der Waals surface area contributed by atoms with Crippen LogP contribution in [-0.2, 0) is 15.6 Å². The van der Waals surface area contributed by atoms with E-state index in [0.717, 1.165) is 6.26 Å². The molecule has 0 aliphatic heterocycles. The minimum absolute atomic E-state index is 0.1000. The Kier molecular flexibility index (Phi) is 5.21. The second-order valence-electron chi connectivity index (χ2n) is 5.88. The molecule has 2 rings (SSSR count). The van der Waals surface area contributed by atoms with Gasteiger partial charge >= 0.3 is 5.97 Å². The van der Waals surface area contributed by atoms with Crippen molar-refractivity contribution in [1.82, 2.24) is 0 Å². The van der Waals surface area contributed by atoms with Crippen molar-refractivity contribution in [2.45, 2.75) is 25.5 Å². The van der Waals surface area contributed by atoms with Crippen molar-refractivity contribution in [3.63, 3.8) is 0 Å². The second-order valence-corrected chi connectivity index (χ2v) is 8.02. The Morgan fingerprint density at radius 2 is 1.74 bits per heavy atom. The van der Waals surface area contributed by atoms with Gasteiger partial charge < -0.3 is 4.74 Å². The monoisotopic (exact) mass is 332 g/mol. The quantitative estimate of drug-likeness (QED) is 0.620. The fourth-order valence-corrected chi connectivity index (χ4v) is 2.96. The summed E-state index contributed by atoms with van der Waals surface area (Å²) >= 11 is 0. The van der Waals surface area contributed by atoms with Crippen LogP contribution in [0.15, 0.2) is 48.5 Å². The van der Waals surface area contributed by atoms with Gasteiger partial charge in [-0.1, -0.05) is 38.1 Å². The number of carbonyl (C=O) groups is 1. The zero-order valence-electron chi connectivity index (χ0n) is 13.4. The van der Waals surface area contributed by atoms with Gasteiger partial charge in [0.15, 0.2) is 9.84 Å². The summed E-state index contributed by atoms with van der Waals surface area (Å²) in [5.41, 5.74) is 2.07. The minimum atomic E-state index is -3.14. The van der Waals surface area contributed by atoms with E-state index in [2.05, 4.69) is 13.8 Å².